The van der Waals surface area contributed by atoms with Gasteiger partial charge in [0.15, 0.2) is 5.82 Å². The number of ether oxygens (including phenoxy) is 1. The van der Waals surface area contributed by atoms with Crippen molar-refractivity contribution in [1.29, 1.82) is 0 Å². The number of rotatable bonds is 5. The molecule has 0 spiro atoms. The smallest absolute Gasteiger partial charge is 0.257 e. The van der Waals surface area contributed by atoms with Crippen LogP contribution < -0.4 is 5.32 Å². The van der Waals surface area contributed by atoms with Gasteiger partial charge in [-0.3, -0.25) is 14.4 Å². The number of morpholine rings is 1. The fourth-order valence-corrected chi connectivity index (χ4v) is 4.25. The number of anilines is 1. The van der Waals surface area contributed by atoms with Crippen molar-refractivity contribution >= 4 is 22.5 Å². The Bertz CT molecular complexity index is 1010. The number of benzene rings is 2. The van der Waals surface area contributed by atoms with Crippen LogP contribution in [0.3, 0.4) is 0 Å². The lowest BCUT2D eigenvalue weighted by Crippen LogP contribution is -2.38. The third-order valence-electron chi connectivity index (χ3n) is 5.75. The fraction of sp³-hybridized carbons (Fsp3) is 0.364. The summed E-state index contributed by atoms with van der Waals surface area (Å²) < 4.78 is 7.27. The molecule has 1 aliphatic heterocycles. The van der Waals surface area contributed by atoms with Crippen LogP contribution in [-0.2, 0) is 24.1 Å². The van der Waals surface area contributed by atoms with Crippen molar-refractivity contribution in [3.63, 3.8) is 0 Å². The van der Waals surface area contributed by atoms with Crippen LogP contribution in [0.5, 0.6) is 0 Å². The van der Waals surface area contributed by atoms with E-state index in [0.29, 0.717) is 11.4 Å². The highest BCUT2D eigenvalue weighted by molar-refractivity contribution is 6.14. The van der Waals surface area contributed by atoms with Gasteiger partial charge in [0.05, 0.1) is 19.8 Å². The van der Waals surface area contributed by atoms with Gasteiger partial charge in [0.2, 0.25) is 0 Å². The minimum atomic E-state index is -0.103. The van der Waals surface area contributed by atoms with Crippen molar-refractivity contribution in [2.24, 2.45) is 0 Å². The zero-order chi connectivity index (χ0) is 18.9. The van der Waals surface area contributed by atoms with E-state index < -0.39 is 0 Å². The SMILES string of the molecule is O=C(Nc1ccn(CCN2CCOCC2)n1)c1ccc2c3c(cccc13)CC2. The van der Waals surface area contributed by atoms with E-state index in [4.69, 9.17) is 4.74 Å². The molecule has 0 bridgehead atoms. The lowest BCUT2D eigenvalue weighted by Gasteiger charge is -2.26. The topological polar surface area (TPSA) is 59.4 Å². The summed E-state index contributed by atoms with van der Waals surface area (Å²) in [7, 11) is 0. The molecule has 6 heteroatoms. The van der Waals surface area contributed by atoms with E-state index >= 15 is 0 Å². The van der Waals surface area contributed by atoms with Crippen molar-refractivity contribution in [2.75, 3.05) is 38.2 Å². The summed E-state index contributed by atoms with van der Waals surface area (Å²) in [4.78, 5) is 15.3. The van der Waals surface area contributed by atoms with Gasteiger partial charge in [-0.15, -0.1) is 0 Å². The molecule has 2 heterocycles. The first-order chi connectivity index (χ1) is 13.8. The average molecular weight is 376 g/mol. The molecule has 1 aliphatic carbocycles. The molecule has 0 saturated carbocycles. The zero-order valence-corrected chi connectivity index (χ0v) is 15.9. The predicted molar refractivity (Wildman–Crippen MR) is 109 cm³/mol. The van der Waals surface area contributed by atoms with E-state index in [1.807, 2.05) is 35.1 Å². The first kappa shape index (κ1) is 17.4. The second-order valence-electron chi connectivity index (χ2n) is 7.48. The zero-order valence-electron chi connectivity index (χ0n) is 15.9. The second kappa shape index (κ2) is 7.37. The molecule has 0 atom stereocenters. The van der Waals surface area contributed by atoms with Crippen molar-refractivity contribution < 1.29 is 9.53 Å². The fourth-order valence-electron chi connectivity index (χ4n) is 4.25. The molecule has 1 saturated heterocycles. The van der Waals surface area contributed by atoms with Crippen LogP contribution in [0.2, 0.25) is 0 Å². The summed E-state index contributed by atoms with van der Waals surface area (Å²) in [6, 6.07) is 12.1. The van der Waals surface area contributed by atoms with Gasteiger partial charge in [-0.25, -0.2) is 0 Å². The Hall–Kier alpha value is -2.70. The molecule has 1 amide bonds. The van der Waals surface area contributed by atoms with Crippen molar-refractivity contribution in [3.8, 4) is 0 Å². The quantitative estimate of drug-likeness (QED) is 0.744. The first-order valence-corrected chi connectivity index (χ1v) is 9.96. The Morgan fingerprint density at radius 3 is 2.71 bits per heavy atom. The molecular formula is C22H24N4O2. The third kappa shape index (κ3) is 3.30. The van der Waals surface area contributed by atoms with E-state index in [9.17, 15) is 4.79 Å². The molecule has 0 unspecified atom stereocenters. The number of aromatic nitrogens is 2. The maximum absolute atomic E-state index is 12.9. The largest absolute Gasteiger partial charge is 0.379 e. The third-order valence-corrected chi connectivity index (χ3v) is 5.75. The van der Waals surface area contributed by atoms with E-state index in [1.54, 1.807) is 0 Å². The Kier molecular flexibility index (Phi) is 4.58. The number of carbonyl (C=O) groups is 1. The summed E-state index contributed by atoms with van der Waals surface area (Å²) in [6.07, 6.45) is 4.04. The van der Waals surface area contributed by atoms with Crippen LogP contribution in [0, 0.1) is 0 Å². The number of nitrogens with zero attached hydrogens (tertiary/aromatic N) is 3. The van der Waals surface area contributed by atoms with Crippen LogP contribution in [0.1, 0.15) is 21.5 Å². The van der Waals surface area contributed by atoms with Crippen LogP contribution in [0.4, 0.5) is 5.82 Å². The highest BCUT2D eigenvalue weighted by Crippen LogP contribution is 2.32. The van der Waals surface area contributed by atoms with Gasteiger partial charge >= 0.3 is 0 Å². The molecule has 1 N–H and O–H groups in total. The van der Waals surface area contributed by atoms with Gasteiger partial charge < -0.3 is 10.1 Å². The van der Waals surface area contributed by atoms with Gasteiger partial charge in [0.25, 0.3) is 5.91 Å². The molecule has 2 aromatic carbocycles. The molecule has 3 aromatic rings. The van der Waals surface area contributed by atoms with Gasteiger partial charge in [-0.1, -0.05) is 24.3 Å². The lowest BCUT2D eigenvalue weighted by molar-refractivity contribution is 0.0360. The second-order valence-corrected chi connectivity index (χ2v) is 7.48. The lowest BCUT2D eigenvalue weighted by atomic mass is 9.99. The molecule has 28 heavy (non-hydrogen) atoms. The standard InChI is InChI=1S/C22H24N4O2/c27-22(19-7-6-17-5-4-16-2-1-3-18(19)21(16)17)23-20-8-9-26(24-20)11-10-25-12-14-28-15-13-25/h1-3,6-9H,4-5,10-15H2,(H,23,24,27). The van der Waals surface area contributed by atoms with E-state index in [0.717, 1.165) is 57.6 Å². The molecule has 0 radical (unpaired) electrons. The Morgan fingerprint density at radius 2 is 1.86 bits per heavy atom. The van der Waals surface area contributed by atoms with E-state index in [-0.39, 0.29) is 5.91 Å². The Morgan fingerprint density at radius 1 is 1.04 bits per heavy atom. The Labute approximate surface area is 164 Å². The van der Waals surface area contributed by atoms with E-state index in [2.05, 4.69) is 27.4 Å². The maximum Gasteiger partial charge on any atom is 0.257 e. The van der Waals surface area contributed by atoms with Crippen LogP contribution in [-0.4, -0.2) is 53.4 Å². The summed E-state index contributed by atoms with van der Waals surface area (Å²) in [5.74, 6) is 0.490. The summed E-state index contributed by atoms with van der Waals surface area (Å²) in [6.45, 7) is 5.28. The maximum atomic E-state index is 12.9. The van der Waals surface area contributed by atoms with Crippen LogP contribution >= 0.6 is 0 Å². The molecule has 2 aliphatic rings. The minimum absolute atomic E-state index is 0.103. The van der Waals surface area contributed by atoms with Gasteiger partial charge in [0.1, 0.15) is 0 Å². The van der Waals surface area contributed by atoms with Crippen molar-refractivity contribution in [2.45, 2.75) is 19.4 Å². The van der Waals surface area contributed by atoms with Gasteiger partial charge in [-0.05, 0) is 40.8 Å². The molecule has 144 valence electrons. The van der Waals surface area contributed by atoms with Crippen molar-refractivity contribution in [1.82, 2.24) is 14.7 Å². The first-order valence-electron chi connectivity index (χ1n) is 9.96. The van der Waals surface area contributed by atoms with Crippen molar-refractivity contribution in [3.05, 3.63) is 59.3 Å². The minimum Gasteiger partial charge on any atom is -0.379 e. The number of nitrogens with one attached hydrogen (secondary N) is 1. The number of carbonyl (C=O) groups excluding carboxylic acids is 1. The van der Waals surface area contributed by atoms with E-state index in [1.165, 1.54) is 16.5 Å². The van der Waals surface area contributed by atoms with Gasteiger partial charge in [0, 0.05) is 37.5 Å². The Balaban J connectivity index is 1.29. The highest BCUT2D eigenvalue weighted by atomic mass is 16.5. The summed E-state index contributed by atoms with van der Waals surface area (Å²) in [5, 5.41) is 9.77. The molecule has 5 rings (SSSR count). The summed E-state index contributed by atoms with van der Waals surface area (Å²) >= 11 is 0. The average Bonchev–Trinajstić information content (AvgIpc) is 3.36. The normalized spacial score (nSPS) is 16.6. The number of hydrogen-bond donors (Lipinski definition) is 1. The molecule has 1 aromatic heterocycles. The predicted octanol–water partition coefficient (Wildman–Crippen LogP) is 2.72. The molecule has 1 fully saturated rings. The molecule has 6 nitrogen and oxygen atoms in total. The summed E-state index contributed by atoms with van der Waals surface area (Å²) in [5.41, 5.74) is 3.40. The van der Waals surface area contributed by atoms with Crippen LogP contribution in [0.15, 0.2) is 42.6 Å². The van der Waals surface area contributed by atoms with Crippen LogP contribution in [0.25, 0.3) is 10.8 Å². The highest BCUT2D eigenvalue weighted by Gasteiger charge is 2.19. The number of amides is 1. The monoisotopic (exact) mass is 376 g/mol. The number of hydrogen-bond acceptors (Lipinski definition) is 4. The molecular weight excluding hydrogens is 352 g/mol. The van der Waals surface area contributed by atoms with Gasteiger partial charge in [-0.2, -0.15) is 5.10 Å². The number of aryl methyl sites for hydroxylation is 2.